The maximum absolute atomic E-state index is 13.1. The average molecular weight is 726 g/mol. The van der Waals surface area contributed by atoms with Crippen molar-refractivity contribution in [1.82, 2.24) is 0 Å². The highest BCUT2D eigenvalue weighted by Crippen LogP contribution is 2.31. The number of hydrogen-bond acceptors (Lipinski definition) is 4. The first-order valence-corrected chi connectivity index (χ1v) is 14.4. The Hall–Kier alpha value is -4.94. The lowest BCUT2D eigenvalue weighted by molar-refractivity contribution is 0.261. The number of nitrogens with one attached hydrogen (secondary N) is 4. The van der Waals surface area contributed by atoms with Gasteiger partial charge >= 0.3 is 12.1 Å². The minimum absolute atomic E-state index is 0.0126. The first kappa shape index (κ1) is 32.0. The molecule has 8 nitrogen and oxygen atoms in total. The minimum Gasteiger partial charge on any atom is -0.506 e. The predicted octanol–water partition coefficient (Wildman–Crippen LogP) is 9.54. The van der Waals surface area contributed by atoms with Gasteiger partial charge in [-0.05, 0) is 91.5 Å². The van der Waals surface area contributed by atoms with E-state index in [2.05, 4.69) is 53.1 Å². The molecule has 0 aliphatic rings. The highest BCUT2D eigenvalue weighted by Gasteiger charge is 2.15. The van der Waals surface area contributed by atoms with Gasteiger partial charge in [0.05, 0.1) is 22.7 Å². The van der Waals surface area contributed by atoms with E-state index in [1.165, 1.54) is 0 Å². The van der Waals surface area contributed by atoms with Gasteiger partial charge in [0.1, 0.15) is 5.75 Å². The molecule has 5 aromatic carbocycles. The molecule has 0 radical (unpaired) electrons. The van der Waals surface area contributed by atoms with Crippen molar-refractivity contribution >= 4 is 66.7 Å². The van der Waals surface area contributed by atoms with Gasteiger partial charge in [0.25, 0.3) is 0 Å². The Kier molecular flexibility index (Phi) is 10.9. The van der Waals surface area contributed by atoms with E-state index in [4.69, 9.17) is 0 Å². The lowest BCUT2D eigenvalue weighted by atomic mass is 10.1. The van der Waals surface area contributed by atoms with Crippen molar-refractivity contribution in [1.29, 1.82) is 0 Å². The zero-order chi connectivity index (χ0) is 31.6. The summed E-state index contributed by atoms with van der Waals surface area (Å²) in [6, 6.07) is 29.8. The number of halogens is 4. The molecule has 0 bridgehead atoms. The number of para-hydroxylation sites is 2. The molecule has 44 heavy (non-hydrogen) atoms. The summed E-state index contributed by atoms with van der Waals surface area (Å²) in [5, 5.41) is 29.6. The van der Waals surface area contributed by atoms with Crippen LogP contribution in [0.25, 0.3) is 11.1 Å². The van der Waals surface area contributed by atoms with Crippen LogP contribution in [0.5, 0.6) is 11.5 Å². The second-order valence-electron chi connectivity index (χ2n) is 8.97. The van der Waals surface area contributed by atoms with Gasteiger partial charge < -0.3 is 31.5 Å². The molecule has 0 saturated carbocycles. The van der Waals surface area contributed by atoms with Crippen LogP contribution >= 0.6 is 31.9 Å². The van der Waals surface area contributed by atoms with E-state index in [-0.39, 0.29) is 11.4 Å². The van der Waals surface area contributed by atoms with Crippen LogP contribution in [0.15, 0.2) is 118 Å². The maximum Gasteiger partial charge on any atom is 0.323 e. The molecule has 5 rings (SSSR count). The lowest BCUT2D eigenvalue weighted by Crippen LogP contribution is -2.19. The SMILES string of the molecule is O=C(Nc1ccc(-c2ccccc2)cc1O)Nc1ccccc1Br.O=C(Nc1ccccc1Br)Nc1ccc(F)c(F)c1O. The van der Waals surface area contributed by atoms with Crippen LogP contribution < -0.4 is 21.3 Å². The van der Waals surface area contributed by atoms with E-state index in [1.54, 1.807) is 42.5 Å². The van der Waals surface area contributed by atoms with Crippen LogP contribution in [0, 0.1) is 11.6 Å². The third kappa shape index (κ3) is 8.55. The fourth-order valence-electron chi connectivity index (χ4n) is 3.77. The maximum atomic E-state index is 13.1. The Labute approximate surface area is 268 Å². The topological polar surface area (TPSA) is 123 Å². The number of aromatic hydroxyl groups is 2. The predicted molar refractivity (Wildman–Crippen MR) is 175 cm³/mol. The van der Waals surface area contributed by atoms with E-state index in [9.17, 15) is 28.6 Å². The van der Waals surface area contributed by atoms with Gasteiger partial charge in [-0.2, -0.15) is 4.39 Å². The van der Waals surface area contributed by atoms with Crippen molar-refractivity contribution in [3.63, 3.8) is 0 Å². The van der Waals surface area contributed by atoms with Gasteiger partial charge in [-0.25, -0.2) is 14.0 Å². The molecule has 0 aliphatic carbocycles. The molecule has 12 heteroatoms. The zero-order valence-electron chi connectivity index (χ0n) is 22.6. The average Bonchev–Trinajstić information content (AvgIpc) is 3.01. The zero-order valence-corrected chi connectivity index (χ0v) is 25.8. The molecule has 0 fully saturated rings. The number of phenolic OH excluding ortho intramolecular Hbond substituents is 2. The standard InChI is InChI=1S/C19H15BrN2O2.C13H9BrF2N2O2/c20-15-8-4-5-9-16(15)21-19(24)22-17-11-10-14(12-18(17)23)13-6-2-1-3-7-13;14-7-3-1-2-4-9(7)17-13(20)18-10-6-5-8(15)11(16)12(10)19/h1-12,23H,(H2,21,22,24);1-6,19H,(H2,17,18,20). The lowest BCUT2D eigenvalue weighted by Gasteiger charge is -2.11. The van der Waals surface area contributed by atoms with E-state index in [0.717, 1.165) is 27.7 Å². The summed E-state index contributed by atoms with van der Waals surface area (Å²) in [7, 11) is 0. The van der Waals surface area contributed by atoms with Gasteiger partial charge in [0.2, 0.25) is 5.82 Å². The normalized spacial score (nSPS) is 10.2. The monoisotopic (exact) mass is 724 g/mol. The van der Waals surface area contributed by atoms with Crippen molar-refractivity contribution in [3.05, 3.63) is 130 Å². The summed E-state index contributed by atoms with van der Waals surface area (Å²) in [5.41, 5.74) is 3.14. The molecule has 0 unspecified atom stereocenters. The molecule has 0 heterocycles. The molecule has 0 spiro atoms. The summed E-state index contributed by atoms with van der Waals surface area (Å²) >= 11 is 6.61. The van der Waals surface area contributed by atoms with Crippen LogP contribution in [-0.2, 0) is 0 Å². The fourth-order valence-corrected chi connectivity index (χ4v) is 4.53. The quantitative estimate of drug-likeness (QED) is 0.101. The first-order chi connectivity index (χ1) is 21.1. The molecule has 0 aromatic heterocycles. The first-order valence-electron chi connectivity index (χ1n) is 12.8. The number of hydrogen-bond donors (Lipinski definition) is 6. The van der Waals surface area contributed by atoms with E-state index in [0.29, 0.717) is 21.5 Å². The Morgan fingerprint density at radius 1 is 0.545 bits per heavy atom. The van der Waals surface area contributed by atoms with Gasteiger partial charge in [-0.1, -0.05) is 60.7 Å². The van der Waals surface area contributed by atoms with E-state index >= 15 is 0 Å². The number of carbonyl (C=O) groups excluding carboxylic acids is 2. The van der Waals surface area contributed by atoms with Crippen LogP contribution in [0.3, 0.4) is 0 Å². The summed E-state index contributed by atoms with van der Waals surface area (Å²) in [4.78, 5) is 23.8. The van der Waals surface area contributed by atoms with Crippen LogP contribution in [0.1, 0.15) is 0 Å². The number of amides is 4. The van der Waals surface area contributed by atoms with E-state index in [1.807, 2.05) is 54.6 Å². The molecule has 0 atom stereocenters. The van der Waals surface area contributed by atoms with Crippen molar-refractivity contribution in [3.8, 4) is 22.6 Å². The summed E-state index contributed by atoms with van der Waals surface area (Å²) in [6.45, 7) is 0. The summed E-state index contributed by atoms with van der Waals surface area (Å²) in [5.74, 6) is -3.55. The van der Waals surface area contributed by atoms with Crippen LogP contribution in [-0.4, -0.2) is 22.3 Å². The third-order valence-corrected chi connectivity index (χ3v) is 7.30. The molecular weight excluding hydrogens is 702 g/mol. The molecule has 4 amide bonds. The molecule has 0 aliphatic heterocycles. The smallest absolute Gasteiger partial charge is 0.323 e. The van der Waals surface area contributed by atoms with Gasteiger partial charge in [-0.15, -0.1) is 0 Å². The molecule has 6 N–H and O–H groups in total. The largest absolute Gasteiger partial charge is 0.506 e. The molecular formula is C32H24Br2F2N4O4. The number of rotatable bonds is 5. The summed E-state index contributed by atoms with van der Waals surface area (Å²) in [6.07, 6.45) is 0. The van der Waals surface area contributed by atoms with Gasteiger partial charge in [0, 0.05) is 8.95 Å². The molecule has 0 saturated heterocycles. The van der Waals surface area contributed by atoms with Crippen molar-refractivity contribution < 1.29 is 28.6 Å². The van der Waals surface area contributed by atoms with Crippen LogP contribution in [0.2, 0.25) is 0 Å². The molecule has 224 valence electrons. The third-order valence-electron chi connectivity index (χ3n) is 5.91. The second-order valence-corrected chi connectivity index (χ2v) is 10.7. The van der Waals surface area contributed by atoms with Gasteiger partial charge in [-0.3, -0.25) is 0 Å². The second kappa shape index (κ2) is 15.0. The Morgan fingerprint density at radius 3 is 1.57 bits per heavy atom. The Morgan fingerprint density at radius 2 is 1.02 bits per heavy atom. The number of phenols is 2. The van der Waals surface area contributed by atoms with Crippen LogP contribution in [0.4, 0.5) is 41.1 Å². The Bertz CT molecular complexity index is 1790. The highest BCUT2D eigenvalue weighted by molar-refractivity contribution is 9.11. The van der Waals surface area contributed by atoms with Crippen molar-refractivity contribution in [2.45, 2.75) is 0 Å². The van der Waals surface area contributed by atoms with Crippen molar-refractivity contribution in [2.24, 2.45) is 0 Å². The highest BCUT2D eigenvalue weighted by atomic mass is 79.9. The minimum atomic E-state index is -1.41. The molecule has 5 aromatic rings. The summed E-state index contributed by atoms with van der Waals surface area (Å²) < 4.78 is 27.4. The Balaban J connectivity index is 0.000000204. The number of carbonyl (C=O) groups is 2. The van der Waals surface area contributed by atoms with E-state index < -0.39 is 29.4 Å². The number of benzene rings is 5. The number of anilines is 4. The van der Waals surface area contributed by atoms with Crippen molar-refractivity contribution in [2.75, 3.05) is 21.3 Å². The van der Waals surface area contributed by atoms with Gasteiger partial charge in [0.15, 0.2) is 11.6 Å². The number of urea groups is 2. The fraction of sp³-hybridized carbons (Fsp3) is 0.